The van der Waals surface area contributed by atoms with Crippen LogP contribution in [0, 0.1) is 0 Å². The van der Waals surface area contributed by atoms with E-state index >= 15 is 0 Å². The molecular weight excluding hydrogens is 489 g/mol. The van der Waals surface area contributed by atoms with Crippen molar-refractivity contribution in [3.63, 3.8) is 0 Å². The fourth-order valence-corrected chi connectivity index (χ4v) is 4.66. The smallest absolute Gasteiger partial charge is 0.222 e. The van der Waals surface area contributed by atoms with Crippen LogP contribution >= 0.6 is 24.0 Å². The van der Waals surface area contributed by atoms with Crippen LogP contribution in [0.3, 0.4) is 0 Å². The second-order valence-electron chi connectivity index (χ2n) is 8.23. The number of aliphatic imine (C=N–C) groups is 1. The molecule has 6 nitrogen and oxygen atoms in total. The van der Waals surface area contributed by atoms with Crippen molar-refractivity contribution in [2.45, 2.75) is 38.3 Å². The second kappa shape index (κ2) is 11.1. The summed E-state index contributed by atoms with van der Waals surface area (Å²) in [5.41, 5.74) is 2.68. The number of carbonyl (C=O) groups excluding carboxylic acids is 1. The van der Waals surface area contributed by atoms with Crippen molar-refractivity contribution in [1.82, 2.24) is 20.0 Å². The van der Waals surface area contributed by atoms with Crippen molar-refractivity contribution in [3.05, 3.63) is 47.5 Å². The van der Waals surface area contributed by atoms with Gasteiger partial charge in [0.05, 0.1) is 0 Å². The third kappa shape index (κ3) is 5.55. The maximum absolute atomic E-state index is 12.6. The number of nitrogens with zero attached hydrogens (tertiary/aromatic N) is 4. The summed E-state index contributed by atoms with van der Waals surface area (Å²) in [5.74, 6) is 1.23. The largest absolute Gasteiger partial charge is 0.356 e. The molecule has 3 heterocycles. The highest BCUT2D eigenvalue weighted by Gasteiger charge is 2.29. The van der Waals surface area contributed by atoms with Gasteiger partial charge in [0.1, 0.15) is 0 Å². The lowest BCUT2D eigenvalue weighted by atomic mass is 9.99. The van der Waals surface area contributed by atoms with Crippen LogP contribution in [0.2, 0.25) is 0 Å². The molecule has 1 aromatic rings. The molecule has 0 aliphatic carbocycles. The summed E-state index contributed by atoms with van der Waals surface area (Å²) in [4.78, 5) is 24.0. The van der Waals surface area contributed by atoms with Gasteiger partial charge in [-0.1, -0.05) is 36.4 Å². The molecule has 1 N–H and O–H groups in total. The van der Waals surface area contributed by atoms with Gasteiger partial charge in [-0.3, -0.25) is 14.7 Å². The summed E-state index contributed by atoms with van der Waals surface area (Å²) in [6.45, 7) is 6.62. The van der Waals surface area contributed by atoms with Gasteiger partial charge in [0.2, 0.25) is 5.91 Å². The summed E-state index contributed by atoms with van der Waals surface area (Å²) in [7, 11) is 1.85. The average Bonchev–Trinajstić information content (AvgIpc) is 3.45. The van der Waals surface area contributed by atoms with E-state index in [4.69, 9.17) is 0 Å². The molecule has 0 aromatic heterocycles. The Kier molecular flexibility index (Phi) is 8.56. The van der Waals surface area contributed by atoms with Crippen molar-refractivity contribution < 1.29 is 4.79 Å². The molecule has 0 saturated carbocycles. The minimum atomic E-state index is 0. The average molecular weight is 523 g/mol. The number of benzene rings is 1. The van der Waals surface area contributed by atoms with Crippen molar-refractivity contribution >= 4 is 35.8 Å². The number of likely N-dealkylation sites (tertiary alicyclic amines) is 1. The molecule has 0 spiro atoms. The van der Waals surface area contributed by atoms with E-state index in [1.807, 2.05) is 11.9 Å². The number of halogens is 1. The van der Waals surface area contributed by atoms with E-state index in [2.05, 4.69) is 56.5 Å². The molecular formula is C23H34IN5O. The topological polar surface area (TPSA) is 51.2 Å². The maximum atomic E-state index is 12.6. The summed E-state index contributed by atoms with van der Waals surface area (Å²) in [5, 5.41) is 3.47. The molecule has 3 aliphatic heterocycles. The fraction of sp³-hybridized carbons (Fsp3) is 0.565. The molecule has 4 rings (SSSR count). The number of amides is 1. The highest BCUT2D eigenvalue weighted by molar-refractivity contribution is 14.0. The van der Waals surface area contributed by atoms with Crippen LogP contribution in [0.25, 0.3) is 0 Å². The van der Waals surface area contributed by atoms with Gasteiger partial charge in [0.15, 0.2) is 5.96 Å². The Morgan fingerprint density at radius 3 is 2.67 bits per heavy atom. The number of hydrogen-bond donors (Lipinski definition) is 1. The first kappa shape index (κ1) is 23.1. The van der Waals surface area contributed by atoms with Crippen LogP contribution in [0.1, 0.15) is 30.4 Å². The Balaban J connectivity index is 0.00000256. The minimum absolute atomic E-state index is 0. The molecule has 164 valence electrons. The van der Waals surface area contributed by atoms with Crippen molar-refractivity contribution in [1.29, 1.82) is 0 Å². The van der Waals surface area contributed by atoms with Crippen LogP contribution in [0.15, 0.2) is 41.4 Å². The highest BCUT2D eigenvalue weighted by Crippen LogP contribution is 2.20. The Morgan fingerprint density at radius 2 is 1.90 bits per heavy atom. The van der Waals surface area contributed by atoms with Gasteiger partial charge < -0.3 is 15.1 Å². The predicted octanol–water partition coefficient (Wildman–Crippen LogP) is 2.49. The lowest BCUT2D eigenvalue weighted by molar-refractivity contribution is -0.132. The van der Waals surface area contributed by atoms with Gasteiger partial charge in [-0.25, -0.2) is 0 Å². The van der Waals surface area contributed by atoms with E-state index in [-0.39, 0.29) is 29.9 Å². The standard InChI is InChI=1S/C23H33N5O.HI/c1-24-23(28-16-11-21(18-28)26-13-4-5-14-26)25-12-6-9-22(29)27-15-10-19-7-2-3-8-20(19)17-27;/h2-5,7-8,21H,6,9-18H2,1H3,(H,24,25);1H. The molecule has 0 radical (unpaired) electrons. The van der Waals surface area contributed by atoms with E-state index in [9.17, 15) is 4.79 Å². The maximum Gasteiger partial charge on any atom is 0.222 e. The molecule has 0 bridgehead atoms. The number of hydrogen-bond acceptors (Lipinski definition) is 3. The fourth-order valence-electron chi connectivity index (χ4n) is 4.66. The van der Waals surface area contributed by atoms with Gasteiger partial charge in [-0.2, -0.15) is 0 Å². The molecule has 1 saturated heterocycles. The van der Waals surface area contributed by atoms with Crippen LogP contribution in [-0.2, 0) is 17.8 Å². The first-order chi connectivity index (χ1) is 14.2. The number of guanidine groups is 1. The van der Waals surface area contributed by atoms with Crippen molar-refractivity contribution in [2.75, 3.05) is 46.3 Å². The Bertz CT molecular complexity index is 773. The molecule has 1 aromatic carbocycles. The Labute approximate surface area is 197 Å². The third-order valence-electron chi connectivity index (χ3n) is 6.37. The first-order valence-electron chi connectivity index (χ1n) is 10.9. The summed E-state index contributed by atoms with van der Waals surface area (Å²) < 4.78 is 0. The monoisotopic (exact) mass is 523 g/mol. The minimum Gasteiger partial charge on any atom is -0.356 e. The molecule has 1 fully saturated rings. The molecule has 30 heavy (non-hydrogen) atoms. The Morgan fingerprint density at radius 1 is 1.13 bits per heavy atom. The van der Waals surface area contributed by atoms with Gasteiger partial charge in [-0.05, 0) is 30.4 Å². The van der Waals surface area contributed by atoms with Crippen LogP contribution in [-0.4, -0.2) is 78.9 Å². The number of carbonyl (C=O) groups is 1. The zero-order valence-electron chi connectivity index (χ0n) is 17.9. The van der Waals surface area contributed by atoms with Crippen LogP contribution < -0.4 is 5.32 Å². The summed E-state index contributed by atoms with van der Waals surface area (Å²) in [6.07, 6.45) is 8.10. The highest BCUT2D eigenvalue weighted by atomic mass is 127. The molecule has 7 heteroatoms. The lowest BCUT2D eigenvalue weighted by Gasteiger charge is -2.29. The lowest BCUT2D eigenvalue weighted by Crippen LogP contribution is -2.43. The van der Waals surface area contributed by atoms with E-state index in [1.165, 1.54) is 17.5 Å². The number of nitrogens with one attached hydrogen (secondary N) is 1. The quantitative estimate of drug-likeness (QED) is 0.212. The second-order valence-corrected chi connectivity index (χ2v) is 8.23. The predicted molar refractivity (Wildman–Crippen MR) is 132 cm³/mol. The van der Waals surface area contributed by atoms with Crippen LogP contribution in [0.5, 0.6) is 0 Å². The zero-order chi connectivity index (χ0) is 20.1. The van der Waals surface area contributed by atoms with Gasteiger partial charge in [0, 0.05) is 65.3 Å². The Hall–Kier alpha value is -1.61. The van der Waals surface area contributed by atoms with Gasteiger partial charge >= 0.3 is 0 Å². The van der Waals surface area contributed by atoms with E-state index in [0.29, 0.717) is 12.5 Å². The number of fused-ring (bicyclic) bond motifs is 1. The zero-order valence-corrected chi connectivity index (χ0v) is 20.3. The summed E-state index contributed by atoms with van der Waals surface area (Å²) in [6, 6.07) is 9.08. The molecule has 3 aliphatic rings. The third-order valence-corrected chi connectivity index (χ3v) is 6.37. The number of rotatable bonds is 5. The molecule has 1 amide bonds. The normalized spacial score (nSPS) is 21.5. The van der Waals surface area contributed by atoms with Crippen molar-refractivity contribution in [2.24, 2.45) is 4.99 Å². The summed E-state index contributed by atoms with van der Waals surface area (Å²) >= 11 is 0. The first-order valence-corrected chi connectivity index (χ1v) is 10.9. The molecule has 1 atom stereocenters. The van der Waals surface area contributed by atoms with E-state index < -0.39 is 0 Å². The van der Waals surface area contributed by atoms with Crippen molar-refractivity contribution in [3.8, 4) is 0 Å². The van der Waals surface area contributed by atoms with E-state index in [1.54, 1.807) is 0 Å². The van der Waals surface area contributed by atoms with Crippen LogP contribution in [0.4, 0.5) is 0 Å². The SMILES string of the molecule is CN=C(NCCCC(=O)N1CCc2ccccc2C1)N1CCC(N2CC=CC2)C1.I. The van der Waals surface area contributed by atoms with Gasteiger partial charge in [-0.15, -0.1) is 24.0 Å². The molecule has 1 unspecified atom stereocenters. The van der Waals surface area contributed by atoms with Gasteiger partial charge in [0.25, 0.3) is 0 Å². The van der Waals surface area contributed by atoms with E-state index in [0.717, 1.165) is 64.6 Å².